The largest absolute Gasteiger partial charge is 0.417 e. The molecular weight excluding hydrogens is 239 g/mol. The molecule has 2 rings (SSSR count). The van der Waals surface area contributed by atoms with Gasteiger partial charge in [0.05, 0.1) is 16.3 Å². The minimum Gasteiger partial charge on any atom is -0.370 e. The highest BCUT2D eigenvalue weighted by Gasteiger charge is 2.34. The van der Waals surface area contributed by atoms with E-state index in [9.17, 15) is 13.2 Å². The average molecular weight is 250 g/mol. The zero-order valence-electron chi connectivity index (χ0n) is 8.52. The quantitative estimate of drug-likeness (QED) is 0.728. The summed E-state index contributed by atoms with van der Waals surface area (Å²) in [5, 5.41) is -0.183. The first-order valence-corrected chi connectivity index (χ1v) is 5.48. The summed E-state index contributed by atoms with van der Waals surface area (Å²) in [7, 11) is 0. The lowest BCUT2D eigenvalue weighted by atomic mass is 10.2. The molecule has 1 saturated heterocycles. The van der Waals surface area contributed by atoms with E-state index in [-0.39, 0.29) is 5.02 Å². The Hall–Kier alpha value is -0.900. The van der Waals surface area contributed by atoms with Crippen molar-refractivity contribution in [3.8, 4) is 0 Å². The van der Waals surface area contributed by atoms with E-state index in [0.717, 1.165) is 32.0 Å². The summed E-state index contributed by atoms with van der Waals surface area (Å²) in [4.78, 5) is 1.90. The SMILES string of the molecule is FC(F)(F)c1cccc(N2CCCC2)c1Cl. The van der Waals surface area contributed by atoms with Crippen LogP contribution in [-0.4, -0.2) is 13.1 Å². The molecule has 0 bridgehead atoms. The van der Waals surface area contributed by atoms with Gasteiger partial charge in [0, 0.05) is 13.1 Å². The van der Waals surface area contributed by atoms with E-state index in [1.54, 1.807) is 6.07 Å². The number of nitrogens with zero attached hydrogens (tertiary/aromatic N) is 1. The summed E-state index contributed by atoms with van der Waals surface area (Å²) >= 11 is 5.81. The first-order chi connectivity index (χ1) is 7.50. The van der Waals surface area contributed by atoms with E-state index in [2.05, 4.69) is 0 Å². The first kappa shape index (κ1) is 11.6. The molecule has 0 spiro atoms. The topological polar surface area (TPSA) is 3.24 Å². The standard InChI is InChI=1S/C11H11ClF3N/c12-10-8(11(13,14)15)4-3-5-9(10)16-6-1-2-7-16/h3-5H,1-2,6-7H2. The van der Waals surface area contributed by atoms with E-state index in [4.69, 9.17) is 11.6 Å². The lowest BCUT2D eigenvalue weighted by Crippen LogP contribution is -2.19. The summed E-state index contributed by atoms with van der Waals surface area (Å²) in [5.74, 6) is 0. The second kappa shape index (κ2) is 4.17. The maximum absolute atomic E-state index is 12.6. The minimum atomic E-state index is -4.38. The van der Waals surface area contributed by atoms with Gasteiger partial charge in [-0.15, -0.1) is 0 Å². The lowest BCUT2D eigenvalue weighted by Gasteiger charge is -2.21. The molecule has 5 heteroatoms. The highest BCUT2D eigenvalue weighted by Crippen LogP contribution is 2.40. The molecule has 0 saturated carbocycles. The highest BCUT2D eigenvalue weighted by molar-refractivity contribution is 6.34. The van der Waals surface area contributed by atoms with Gasteiger partial charge < -0.3 is 4.90 Å². The van der Waals surface area contributed by atoms with Crippen LogP contribution >= 0.6 is 11.6 Å². The van der Waals surface area contributed by atoms with Crippen molar-refractivity contribution < 1.29 is 13.2 Å². The molecular formula is C11H11ClF3N. The van der Waals surface area contributed by atoms with Gasteiger partial charge in [0.1, 0.15) is 0 Å². The Labute approximate surface area is 96.8 Å². The van der Waals surface area contributed by atoms with E-state index in [1.807, 2.05) is 4.90 Å². The second-order valence-electron chi connectivity index (χ2n) is 3.83. The molecule has 0 aromatic heterocycles. The maximum atomic E-state index is 12.6. The van der Waals surface area contributed by atoms with E-state index >= 15 is 0 Å². The third-order valence-electron chi connectivity index (χ3n) is 2.73. The molecule has 0 aliphatic carbocycles. The van der Waals surface area contributed by atoms with Gasteiger partial charge in [-0.25, -0.2) is 0 Å². The maximum Gasteiger partial charge on any atom is 0.417 e. The van der Waals surface area contributed by atoms with Gasteiger partial charge >= 0.3 is 6.18 Å². The molecule has 0 N–H and O–H groups in total. The van der Waals surface area contributed by atoms with Gasteiger partial charge in [0.15, 0.2) is 0 Å². The highest BCUT2D eigenvalue weighted by atomic mass is 35.5. The van der Waals surface area contributed by atoms with Crippen molar-refractivity contribution in [1.29, 1.82) is 0 Å². The minimum absolute atomic E-state index is 0.183. The molecule has 1 aliphatic rings. The number of hydrogen-bond acceptors (Lipinski definition) is 1. The number of alkyl halides is 3. The Kier molecular flexibility index (Phi) is 3.02. The molecule has 1 aliphatic heterocycles. The Morgan fingerprint density at radius 2 is 1.75 bits per heavy atom. The average Bonchev–Trinajstić information content (AvgIpc) is 2.69. The van der Waals surface area contributed by atoms with Crippen molar-refractivity contribution in [3.63, 3.8) is 0 Å². The van der Waals surface area contributed by atoms with Gasteiger partial charge in [-0.2, -0.15) is 13.2 Å². The first-order valence-electron chi connectivity index (χ1n) is 5.11. The van der Waals surface area contributed by atoms with Crippen molar-refractivity contribution in [1.82, 2.24) is 0 Å². The van der Waals surface area contributed by atoms with Gasteiger partial charge in [-0.3, -0.25) is 0 Å². The number of hydrogen-bond donors (Lipinski definition) is 0. The van der Waals surface area contributed by atoms with Crippen LogP contribution in [0.5, 0.6) is 0 Å². The van der Waals surface area contributed by atoms with Crippen molar-refractivity contribution in [3.05, 3.63) is 28.8 Å². The Balaban J connectivity index is 2.40. The van der Waals surface area contributed by atoms with Crippen molar-refractivity contribution in [2.45, 2.75) is 19.0 Å². The van der Waals surface area contributed by atoms with E-state index < -0.39 is 11.7 Å². The summed E-state index contributed by atoms with van der Waals surface area (Å²) in [6, 6.07) is 4.06. The van der Waals surface area contributed by atoms with Crippen LogP contribution in [0.2, 0.25) is 5.02 Å². The molecule has 88 valence electrons. The molecule has 16 heavy (non-hydrogen) atoms. The molecule has 1 aromatic carbocycles. The zero-order valence-corrected chi connectivity index (χ0v) is 9.28. The fraction of sp³-hybridized carbons (Fsp3) is 0.455. The van der Waals surface area contributed by atoms with Crippen LogP contribution in [0.1, 0.15) is 18.4 Å². The van der Waals surface area contributed by atoms with Crippen LogP contribution in [0.4, 0.5) is 18.9 Å². The van der Waals surface area contributed by atoms with Crippen LogP contribution < -0.4 is 4.90 Å². The van der Waals surface area contributed by atoms with Gasteiger partial charge in [0.25, 0.3) is 0 Å². The summed E-state index contributed by atoms with van der Waals surface area (Å²) in [6.07, 6.45) is -2.37. The smallest absolute Gasteiger partial charge is 0.370 e. The normalized spacial score (nSPS) is 16.9. The molecule has 0 unspecified atom stereocenters. The molecule has 1 fully saturated rings. The number of benzene rings is 1. The van der Waals surface area contributed by atoms with Gasteiger partial charge in [-0.05, 0) is 25.0 Å². The predicted octanol–water partition coefficient (Wildman–Crippen LogP) is 3.96. The van der Waals surface area contributed by atoms with Crippen molar-refractivity contribution in [2.75, 3.05) is 18.0 Å². The Morgan fingerprint density at radius 3 is 2.31 bits per heavy atom. The fourth-order valence-electron chi connectivity index (χ4n) is 1.94. The predicted molar refractivity (Wildman–Crippen MR) is 57.9 cm³/mol. The third kappa shape index (κ3) is 2.12. The van der Waals surface area contributed by atoms with E-state index in [0.29, 0.717) is 5.69 Å². The summed E-state index contributed by atoms with van der Waals surface area (Å²) < 4.78 is 37.8. The molecule has 0 radical (unpaired) electrons. The van der Waals surface area contributed by atoms with Crippen LogP contribution in [0.25, 0.3) is 0 Å². The van der Waals surface area contributed by atoms with Crippen LogP contribution in [0.3, 0.4) is 0 Å². The second-order valence-corrected chi connectivity index (χ2v) is 4.21. The molecule has 1 nitrogen and oxygen atoms in total. The molecule has 1 heterocycles. The third-order valence-corrected chi connectivity index (χ3v) is 3.13. The molecule has 0 atom stereocenters. The zero-order chi connectivity index (χ0) is 11.8. The Morgan fingerprint density at radius 1 is 1.12 bits per heavy atom. The van der Waals surface area contributed by atoms with Crippen LogP contribution in [0.15, 0.2) is 18.2 Å². The molecule has 0 amide bonds. The van der Waals surface area contributed by atoms with Crippen molar-refractivity contribution in [2.24, 2.45) is 0 Å². The molecule has 1 aromatic rings. The van der Waals surface area contributed by atoms with Crippen LogP contribution in [0, 0.1) is 0 Å². The fourth-order valence-corrected chi connectivity index (χ4v) is 2.29. The van der Waals surface area contributed by atoms with Crippen LogP contribution in [-0.2, 0) is 6.18 Å². The van der Waals surface area contributed by atoms with E-state index in [1.165, 1.54) is 6.07 Å². The van der Waals surface area contributed by atoms with Crippen molar-refractivity contribution >= 4 is 17.3 Å². The Bertz CT molecular complexity index is 383. The van der Waals surface area contributed by atoms with Gasteiger partial charge in [-0.1, -0.05) is 17.7 Å². The summed E-state index contributed by atoms with van der Waals surface area (Å²) in [5.41, 5.74) is -0.257. The number of rotatable bonds is 1. The number of halogens is 4. The lowest BCUT2D eigenvalue weighted by molar-refractivity contribution is -0.137. The van der Waals surface area contributed by atoms with Gasteiger partial charge in [0.2, 0.25) is 0 Å². The number of anilines is 1. The monoisotopic (exact) mass is 249 g/mol. The summed E-state index contributed by atoms with van der Waals surface area (Å²) in [6.45, 7) is 1.56.